The summed E-state index contributed by atoms with van der Waals surface area (Å²) in [5, 5.41) is 0. The topological polar surface area (TPSA) is 72.2 Å². The van der Waals surface area contributed by atoms with Crippen molar-refractivity contribution >= 4 is 0 Å². The molecule has 28 heavy (non-hydrogen) atoms. The lowest BCUT2D eigenvalue weighted by atomic mass is 9.57. The van der Waals surface area contributed by atoms with Crippen LogP contribution in [0.25, 0.3) is 0 Å². The first-order valence-electron chi connectivity index (χ1n) is 10.2. The smallest absolute Gasteiger partial charge is 0.342 e. The number of ether oxygens (including phenoxy) is 3. The number of halogens is 3. The predicted molar refractivity (Wildman–Crippen MR) is 91.4 cm³/mol. The number of alkyl halides is 3. The van der Waals surface area contributed by atoms with Crippen molar-refractivity contribution in [3.05, 3.63) is 0 Å². The first-order valence-corrected chi connectivity index (χ1v) is 10.2. The van der Waals surface area contributed by atoms with Crippen molar-refractivity contribution in [2.75, 3.05) is 13.2 Å². The Hall–Kier alpha value is -0.450. The molecule has 6 nitrogen and oxygen atoms in total. The molecule has 1 aliphatic carbocycles. The van der Waals surface area contributed by atoms with Crippen LogP contribution in [0.15, 0.2) is 0 Å². The summed E-state index contributed by atoms with van der Waals surface area (Å²) in [7, 11) is 0. The second kappa shape index (κ2) is 6.78. The molecule has 1 unspecified atom stereocenters. The molecule has 5 aliphatic rings. The minimum Gasteiger partial charge on any atom is -0.342 e. The number of nitrogens with two attached hydrogens (primary N) is 1. The number of hydrogen-bond donors (Lipinski definition) is 1. The maximum absolute atomic E-state index is 14.4. The third-order valence-electron chi connectivity index (χ3n) is 7.32. The Morgan fingerprint density at radius 3 is 2.50 bits per heavy atom. The van der Waals surface area contributed by atoms with E-state index in [0.717, 1.165) is 12.8 Å². The molecule has 9 heteroatoms. The summed E-state index contributed by atoms with van der Waals surface area (Å²) in [6, 6.07) is 0. The SMILES string of the molecule is C[C@@H]1CC[C@H]2[C@@H](C)[C@](OCCCN)(C(F)(F)F)O[C@@H]3O[C@]4(C)CCC1[C@]32OO4. The first kappa shape index (κ1) is 20.8. The lowest BCUT2D eigenvalue weighted by Gasteiger charge is -2.62. The van der Waals surface area contributed by atoms with Crippen LogP contribution in [0.4, 0.5) is 13.2 Å². The van der Waals surface area contributed by atoms with E-state index in [1.54, 1.807) is 13.8 Å². The fraction of sp³-hybridized carbons (Fsp3) is 1.00. The van der Waals surface area contributed by atoms with E-state index in [4.69, 9.17) is 29.7 Å². The molecule has 1 saturated carbocycles. The van der Waals surface area contributed by atoms with Gasteiger partial charge in [-0.25, -0.2) is 9.78 Å². The van der Waals surface area contributed by atoms with Crippen LogP contribution in [0.2, 0.25) is 0 Å². The normalized spacial score (nSPS) is 50.9. The van der Waals surface area contributed by atoms with Gasteiger partial charge in [0, 0.05) is 18.3 Å². The van der Waals surface area contributed by atoms with Crippen LogP contribution in [-0.4, -0.2) is 42.8 Å². The molecule has 0 aromatic heterocycles. The molecule has 1 spiro atoms. The Balaban J connectivity index is 1.78. The summed E-state index contributed by atoms with van der Waals surface area (Å²) in [5.41, 5.74) is 4.40. The van der Waals surface area contributed by atoms with E-state index >= 15 is 0 Å². The van der Waals surface area contributed by atoms with Crippen LogP contribution in [0.5, 0.6) is 0 Å². The molecule has 8 atom stereocenters. The zero-order chi connectivity index (χ0) is 20.4. The zero-order valence-corrected chi connectivity index (χ0v) is 16.6. The van der Waals surface area contributed by atoms with Crippen LogP contribution in [0, 0.1) is 23.7 Å². The fourth-order valence-corrected chi connectivity index (χ4v) is 5.80. The maximum Gasteiger partial charge on any atom is 0.443 e. The minimum absolute atomic E-state index is 0.00157. The molecule has 4 heterocycles. The van der Waals surface area contributed by atoms with Gasteiger partial charge in [-0.3, -0.25) is 0 Å². The molecular formula is C19H30F3NO5. The van der Waals surface area contributed by atoms with Gasteiger partial charge < -0.3 is 19.9 Å². The highest BCUT2D eigenvalue weighted by molar-refractivity contribution is 5.12. The monoisotopic (exact) mass is 409 g/mol. The summed E-state index contributed by atoms with van der Waals surface area (Å²) in [6.07, 6.45) is -2.93. The van der Waals surface area contributed by atoms with E-state index in [9.17, 15) is 13.2 Å². The van der Waals surface area contributed by atoms with E-state index in [1.165, 1.54) is 0 Å². The maximum atomic E-state index is 14.4. The fourth-order valence-electron chi connectivity index (χ4n) is 5.80. The van der Waals surface area contributed by atoms with Crippen molar-refractivity contribution in [2.24, 2.45) is 29.4 Å². The Bertz CT molecular complexity index is 607. The molecule has 2 bridgehead atoms. The van der Waals surface area contributed by atoms with Crippen LogP contribution >= 0.6 is 0 Å². The molecular weight excluding hydrogens is 379 g/mol. The van der Waals surface area contributed by atoms with Gasteiger partial charge in [0.2, 0.25) is 5.79 Å². The number of hydrogen-bond acceptors (Lipinski definition) is 6. The molecule has 2 N–H and O–H groups in total. The molecule has 0 aromatic rings. The summed E-state index contributed by atoms with van der Waals surface area (Å²) in [4.78, 5) is 11.5. The van der Waals surface area contributed by atoms with Gasteiger partial charge in [0.25, 0.3) is 5.79 Å². The van der Waals surface area contributed by atoms with E-state index in [1.807, 2.05) is 0 Å². The first-order chi connectivity index (χ1) is 13.1. The summed E-state index contributed by atoms with van der Waals surface area (Å²) >= 11 is 0. The average Bonchev–Trinajstić information content (AvgIpc) is 2.84. The number of rotatable bonds is 4. The van der Waals surface area contributed by atoms with Crippen molar-refractivity contribution < 1.29 is 37.2 Å². The average molecular weight is 409 g/mol. The van der Waals surface area contributed by atoms with Crippen molar-refractivity contribution in [3.8, 4) is 0 Å². The van der Waals surface area contributed by atoms with Gasteiger partial charge in [0.15, 0.2) is 11.9 Å². The standard InChI is InChI=1S/C19H30F3NO5/c1-11-5-6-14-12(2)18(19(20,21)22,24-10-4-9-23)26-15-17(14)13(11)7-8-16(3,25-15)27-28-17/h11-15H,4-10,23H2,1-3H3/t11-,12-,13?,14+,15+,16+,17-,18-/m1/s1. The quantitative estimate of drug-likeness (QED) is 0.566. The van der Waals surface area contributed by atoms with Crippen molar-refractivity contribution in [1.82, 2.24) is 0 Å². The predicted octanol–water partition coefficient (Wildman–Crippen LogP) is 3.49. The number of fused-ring (bicyclic) bond motifs is 2. The zero-order valence-electron chi connectivity index (χ0n) is 16.6. The largest absolute Gasteiger partial charge is 0.443 e. The van der Waals surface area contributed by atoms with Gasteiger partial charge in [-0.15, -0.1) is 0 Å². The Morgan fingerprint density at radius 1 is 1.07 bits per heavy atom. The Morgan fingerprint density at radius 2 is 1.82 bits per heavy atom. The van der Waals surface area contributed by atoms with Gasteiger partial charge in [0.1, 0.15) is 0 Å². The lowest BCUT2D eigenvalue weighted by molar-refractivity contribution is -0.598. The highest BCUT2D eigenvalue weighted by Gasteiger charge is 2.77. The van der Waals surface area contributed by atoms with Gasteiger partial charge in [-0.2, -0.15) is 13.2 Å². The summed E-state index contributed by atoms with van der Waals surface area (Å²) in [6.45, 7) is 5.44. The van der Waals surface area contributed by atoms with Crippen LogP contribution in [0.3, 0.4) is 0 Å². The van der Waals surface area contributed by atoms with Crippen molar-refractivity contribution in [3.63, 3.8) is 0 Å². The highest BCUT2D eigenvalue weighted by Crippen LogP contribution is 2.64. The molecule has 0 radical (unpaired) electrons. The molecule has 0 amide bonds. The highest BCUT2D eigenvalue weighted by atomic mass is 19.4. The van der Waals surface area contributed by atoms with Crippen molar-refractivity contribution in [2.45, 2.75) is 82.5 Å². The van der Waals surface area contributed by atoms with E-state index < -0.39 is 41.5 Å². The van der Waals surface area contributed by atoms with Crippen LogP contribution < -0.4 is 5.73 Å². The van der Waals surface area contributed by atoms with Gasteiger partial charge in [-0.1, -0.05) is 13.8 Å². The van der Waals surface area contributed by atoms with Gasteiger partial charge in [0.05, 0.1) is 6.61 Å². The third-order valence-corrected chi connectivity index (χ3v) is 7.32. The van der Waals surface area contributed by atoms with E-state index in [2.05, 4.69) is 6.92 Å². The summed E-state index contributed by atoms with van der Waals surface area (Å²) in [5.74, 6) is -5.05. The molecule has 4 aliphatic heterocycles. The Labute approximate surface area is 163 Å². The van der Waals surface area contributed by atoms with Crippen LogP contribution in [-0.2, 0) is 24.0 Å². The molecule has 4 saturated heterocycles. The minimum atomic E-state index is -4.72. The molecule has 162 valence electrons. The van der Waals surface area contributed by atoms with Crippen LogP contribution in [0.1, 0.15) is 52.9 Å². The van der Waals surface area contributed by atoms with Gasteiger partial charge in [-0.05, 0) is 51.0 Å². The molecule has 0 aromatic carbocycles. The lowest BCUT2D eigenvalue weighted by Crippen LogP contribution is -2.76. The summed E-state index contributed by atoms with van der Waals surface area (Å²) < 4.78 is 60.3. The Kier molecular flexibility index (Phi) is 5.04. The van der Waals surface area contributed by atoms with Crippen molar-refractivity contribution in [1.29, 1.82) is 0 Å². The third kappa shape index (κ3) is 2.77. The molecule has 5 rings (SSSR count). The van der Waals surface area contributed by atoms with E-state index in [0.29, 0.717) is 19.3 Å². The van der Waals surface area contributed by atoms with E-state index in [-0.39, 0.29) is 25.0 Å². The second-order valence-corrected chi connectivity index (χ2v) is 8.97. The second-order valence-electron chi connectivity index (χ2n) is 8.97. The van der Waals surface area contributed by atoms with Gasteiger partial charge >= 0.3 is 6.18 Å². The molecule has 5 fully saturated rings.